The predicted molar refractivity (Wildman–Crippen MR) is 54.5 cm³/mol. The third-order valence-electron chi connectivity index (χ3n) is 3.41. The van der Waals surface area contributed by atoms with Crippen LogP contribution in [0.15, 0.2) is 0 Å². The highest BCUT2D eigenvalue weighted by atomic mass is 19.3. The van der Waals surface area contributed by atoms with Crippen molar-refractivity contribution in [2.45, 2.75) is 51.7 Å². The summed E-state index contributed by atoms with van der Waals surface area (Å²) in [6, 6.07) is -3.16. The van der Waals surface area contributed by atoms with Crippen LogP contribution in [0.2, 0.25) is 0 Å². The molecular weight excluding hydrogens is 203 g/mol. The third kappa shape index (κ3) is 2.14. The number of hydrogen-bond donors (Lipinski definition) is 0. The van der Waals surface area contributed by atoms with E-state index in [1.807, 2.05) is 13.8 Å². The molecule has 0 spiro atoms. The second-order valence-corrected chi connectivity index (χ2v) is 4.51. The van der Waals surface area contributed by atoms with Gasteiger partial charge in [-0.25, -0.2) is 4.39 Å². The van der Waals surface area contributed by atoms with E-state index >= 15 is 0 Å². The molecule has 4 heteroatoms. The van der Waals surface area contributed by atoms with E-state index < -0.39 is 12.2 Å². The van der Waals surface area contributed by atoms with Gasteiger partial charge in [0.15, 0.2) is 0 Å². The van der Waals surface area contributed by atoms with E-state index in [4.69, 9.17) is 0 Å². The van der Waals surface area contributed by atoms with Crippen LogP contribution in [0.25, 0.3) is 0 Å². The second kappa shape index (κ2) is 4.73. The van der Waals surface area contributed by atoms with Crippen LogP contribution in [0, 0.1) is 0 Å². The van der Waals surface area contributed by atoms with Crippen molar-refractivity contribution in [1.82, 2.24) is 0 Å². The second-order valence-electron chi connectivity index (χ2n) is 4.51. The Kier molecular flexibility index (Phi) is 4.04. The molecule has 1 aliphatic rings. The van der Waals surface area contributed by atoms with E-state index in [0.717, 1.165) is 12.8 Å². The fourth-order valence-electron chi connectivity index (χ4n) is 2.50. The first kappa shape index (κ1) is 12.8. The van der Waals surface area contributed by atoms with Gasteiger partial charge in [-0.1, -0.05) is 20.3 Å². The molecule has 0 radical (unpaired) electrons. The molecule has 15 heavy (non-hydrogen) atoms. The summed E-state index contributed by atoms with van der Waals surface area (Å²) in [5.41, 5.74) is 0. The van der Waals surface area contributed by atoms with Crippen molar-refractivity contribution in [3.05, 3.63) is 0 Å². The smallest absolute Gasteiger partial charge is 0.260 e. The van der Waals surface area contributed by atoms with E-state index in [1.54, 1.807) is 0 Å². The Morgan fingerprint density at radius 1 is 1.20 bits per heavy atom. The first-order valence-electron chi connectivity index (χ1n) is 5.88. The Morgan fingerprint density at radius 3 is 2.27 bits per heavy atom. The van der Waals surface area contributed by atoms with Crippen LogP contribution in [-0.2, 0) is 0 Å². The normalized spacial score (nSPS) is 34.6. The molecule has 0 aliphatic carbocycles. The van der Waals surface area contributed by atoms with Crippen molar-refractivity contribution in [2.24, 2.45) is 0 Å². The lowest BCUT2D eigenvalue weighted by Crippen LogP contribution is -2.59. The Labute approximate surface area is 89.8 Å². The standard InChI is InChI=1S/C11H21F3N/c1-3-5-8-15(7-4-2)9-6-10(12)11(15,13)14/h10H,3-9H2,1-2H3/q+1. The lowest BCUT2D eigenvalue weighted by molar-refractivity contribution is -0.998. The van der Waals surface area contributed by atoms with Crippen LogP contribution in [0.1, 0.15) is 39.5 Å². The highest BCUT2D eigenvalue weighted by Crippen LogP contribution is 2.42. The fourth-order valence-corrected chi connectivity index (χ4v) is 2.50. The first-order valence-corrected chi connectivity index (χ1v) is 5.88. The maximum atomic E-state index is 13.8. The molecule has 1 nitrogen and oxygen atoms in total. The number of hydrogen-bond acceptors (Lipinski definition) is 0. The van der Waals surface area contributed by atoms with Gasteiger partial charge in [0.1, 0.15) is 0 Å². The molecule has 0 saturated carbocycles. The molecule has 1 rings (SSSR count). The average Bonchev–Trinajstić information content (AvgIpc) is 2.40. The Bertz CT molecular complexity index is 204. The van der Waals surface area contributed by atoms with Crippen LogP contribution < -0.4 is 0 Å². The topological polar surface area (TPSA) is 0 Å². The maximum Gasteiger partial charge on any atom is 0.422 e. The van der Waals surface area contributed by atoms with Crippen LogP contribution in [0.3, 0.4) is 0 Å². The van der Waals surface area contributed by atoms with Gasteiger partial charge in [0.05, 0.1) is 19.6 Å². The van der Waals surface area contributed by atoms with Gasteiger partial charge in [-0.05, 0) is 12.8 Å². The SMILES string of the molecule is CCCC[N+]1(CCC)CCC(F)C1(F)F. The maximum absolute atomic E-state index is 13.8. The van der Waals surface area contributed by atoms with Gasteiger partial charge >= 0.3 is 6.05 Å². The third-order valence-corrected chi connectivity index (χ3v) is 3.41. The highest BCUT2D eigenvalue weighted by molar-refractivity contribution is 4.77. The summed E-state index contributed by atoms with van der Waals surface area (Å²) in [6.45, 7) is 4.96. The molecular formula is C11H21F3N+. The molecule has 0 aromatic rings. The number of nitrogens with zero attached hydrogens (tertiary/aromatic N) is 1. The molecule has 1 fully saturated rings. The van der Waals surface area contributed by atoms with E-state index in [9.17, 15) is 13.2 Å². The molecule has 0 amide bonds. The monoisotopic (exact) mass is 224 g/mol. The van der Waals surface area contributed by atoms with Gasteiger partial charge < -0.3 is 0 Å². The van der Waals surface area contributed by atoms with Crippen LogP contribution in [-0.4, -0.2) is 36.3 Å². The van der Waals surface area contributed by atoms with Crippen LogP contribution >= 0.6 is 0 Å². The summed E-state index contributed by atoms with van der Waals surface area (Å²) in [5, 5.41) is 0. The first-order chi connectivity index (χ1) is 7.00. The lowest BCUT2D eigenvalue weighted by atomic mass is 10.2. The molecule has 2 atom stereocenters. The Hall–Kier alpha value is -0.250. The summed E-state index contributed by atoms with van der Waals surface area (Å²) >= 11 is 0. The van der Waals surface area contributed by atoms with Crippen molar-refractivity contribution in [1.29, 1.82) is 0 Å². The summed E-state index contributed by atoms with van der Waals surface area (Å²) in [5.74, 6) is 0. The van der Waals surface area contributed by atoms with E-state index in [0.29, 0.717) is 26.1 Å². The van der Waals surface area contributed by atoms with Crippen molar-refractivity contribution >= 4 is 0 Å². The van der Waals surface area contributed by atoms with Crippen LogP contribution in [0.4, 0.5) is 13.2 Å². The van der Waals surface area contributed by atoms with Gasteiger partial charge in [-0.2, -0.15) is 0 Å². The summed E-state index contributed by atoms with van der Waals surface area (Å²) < 4.78 is 40.4. The number of unbranched alkanes of at least 4 members (excludes halogenated alkanes) is 1. The zero-order valence-corrected chi connectivity index (χ0v) is 9.61. The van der Waals surface area contributed by atoms with E-state index in [1.165, 1.54) is 0 Å². The minimum atomic E-state index is -3.16. The van der Waals surface area contributed by atoms with Crippen molar-refractivity contribution < 1.29 is 17.7 Å². The van der Waals surface area contributed by atoms with Gasteiger partial charge in [0.2, 0.25) is 6.17 Å². The summed E-state index contributed by atoms with van der Waals surface area (Å²) in [7, 11) is 0. The van der Waals surface area contributed by atoms with Gasteiger partial charge in [0.25, 0.3) is 0 Å². The van der Waals surface area contributed by atoms with Crippen molar-refractivity contribution in [3.8, 4) is 0 Å². The van der Waals surface area contributed by atoms with Crippen molar-refractivity contribution in [3.63, 3.8) is 0 Å². The summed E-state index contributed by atoms with van der Waals surface area (Å²) in [6.07, 6.45) is 0.392. The highest BCUT2D eigenvalue weighted by Gasteiger charge is 2.63. The van der Waals surface area contributed by atoms with E-state index in [-0.39, 0.29) is 10.9 Å². The van der Waals surface area contributed by atoms with Crippen molar-refractivity contribution in [2.75, 3.05) is 19.6 Å². The van der Waals surface area contributed by atoms with Gasteiger partial charge in [0, 0.05) is 6.42 Å². The number of halogens is 3. The van der Waals surface area contributed by atoms with E-state index in [2.05, 4.69) is 0 Å². The minimum Gasteiger partial charge on any atom is -0.260 e. The molecule has 1 saturated heterocycles. The minimum absolute atomic E-state index is 0.0106. The average molecular weight is 224 g/mol. The number of rotatable bonds is 5. The molecule has 2 unspecified atom stereocenters. The zero-order valence-electron chi connectivity index (χ0n) is 9.61. The van der Waals surface area contributed by atoms with Gasteiger partial charge in [-0.15, -0.1) is 8.78 Å². The predicted octanol–water partition coefficient (Wildman–Crippen LogP) is 3.35. The van der Waals surface area contributed by atoms with Crippen LogP contribution in [0.5, 0.6) is 0 Å². The molecule has 0 aromatic carbocycles. The molecule has 1 aliphatic heterocycles. The number of likely N-dealkylation sites (tertiary alicyclic amines) is 1. The number of quaternary nitrogens is 1. The number of alkyl halides is 3. The molecule has 0 aromatic heterocycles. The zero-order chi connectivity index (χ0) is 11.5. The Morgan fingerprint density at radius 2 is 1.87 bits per heavy atom. The largest absolute Gasteiger partial charge is 0.422 e. The molecule has 90 valence electrons. The fraction of sp³-hybridized carbons (Fsp3) is 1.00. The van der Waals surface area contributed by atoms with Gasteiger partial charge in [-0.3, -0.25) is 4.48 Å². The molecule has 1 heterocycles. The molecule has 0 N–H and O–H groups in total. The summed E-state index contributed by atoms with van der Waals surface area (Å²) in [4.78, 5) is 0. The quantitative estimate of drug-likeness (QED) is 0.496. The lowest BCUT2D eigenvalue weighted by Gasteiger charge is -2.39. The molecule has 0 bridgehead atoms. The Balaban J connectivity index is 2.80.